The van der Waals surface area contributed by atoms with Crippen LogP contribution in [0.15, 0.2) is 41.3 Å². The highest BCUT2D eigenvalue weighted by Gasteiger charge is 2.27. The molecule has 0 radical (unpaired) electrons. The van der Waals surface area contributed by atoms with Crippen molar-refractivity contribution in [2.24, 2.45) is 0 Å². The third kappa shape index (κ3) is 3.09. The predicted molar refractivity (Wildman–Crippen MR) is 96.0 cm³/mol. The van der Waals surface area contributed by atoms with E-state index < -0.39 is 0 Å². The van der Waals surface area contributed by atoms with E-state index in [1.54, 1.807) is 12.1 Å². The molecule has 0 saturated carbocycles. The minimum absolute atomic E-state index is 0.0229. The quantitative estimate of drug-likeness (QED) is 0.672. The largest absolute Gasteiger partial charge is 0.486 e. The molecule has 5 nitrogen and oxygen atoms in total. The molecule has 0 aliphatic carbocycles. The van der Waals surface area contributed by atoms with Crippen LogP contribution in [0.3, 0.4) is 0 Å². The normalized spacial score (nSPS) is 17.8. The first-order chi connectivity index (χ1) is 12.1. The Kier molecular flexibility index (Phi) is 4.13. The second-order valence-electron chi connectivity index (χ2n) is 6.03. The van der Waals surface area contributed by atoms with Crippen LogP contribution in [0.4, 0.5) is 5.69 Å². The highest BCUT2D eigenvalue weighted by Crippen LogP contribution is 2.35. The van der Waals surface area contributed by atoms with Gasteiger partial charge in [0, 0.05) is 16.1 Å². The summed E-state index contributed by atoms with van der Waals surface area (Å²) in [6.45, 7) is 2.95. The number of thioether (sulfide) groups is 1. The molecule has 0 saturated heterocycles. The van der Waals surface area contributed by atoms with Gasteiger partial charge in [0.15, 0.2) is 17.3 Å². The Morgan fingerprint density at radius 2 is 1.96 bits per heavy atom. The average molecular weight is 355 g/mol. The molecule has 4 rings (SSSR count). The smallest absolute Gasteiger partial charge is 0.231 e. The molecule has 1 atom stereocenters. The zero-order valence-electron chi connectivity index (χ0n) is 13.7. The Morgan fingerprint density at radius 1 is 1.16 bits per heavy atom. The van der Waals surface area contributed by atoms with E-state index in [4.69, 9.17) is 9.47 Å². The van der Waals surface area contributed by atoms with Crippen LogP contribution >= 0.6 is 11.8 Å². The van der Waals surface area contributed by atoms with Crippen molar-refractivity contribution in [1.29, 1.82) is 0 Å². The fourth-order valence-electron chi connectivity index (χ4n) is 2.94. The maximum Gasteiger partial charge on any atom is 0.231 e. The first-order valence-corrected chi connectivity index (χ1v) is 9.11. The summed E-state index contributed by atoms with van der Waals surface area (Å²) in [6, 6.07) is 11.1. The van der Waals surface area contributed by atoms with Crippen LogP contribution in [-0.2, 0) is 4.79 Å². The molecule has 0 bridgehead atoms. The molecular weight excluding hydrogens is 338 g/mol. The molecular formula is C19H17NO4S. The topological polar surface area (TPSA) is 64.6 Å². The number of carbonyl (C=O) groups is 2. The van der Waals surface area contributed by atoms with Crippen molar-refractivity contribution < 1.29 is 19.1 Å². The van der Waals surface area contributed by atoms with Crippen LogP contribution in [0, 0.1) is 0 Å². The van der Waals surface area contributed by atoms with Crippen LogP contribution in [0.25, 0.3) is 0 Å². The maximum atomic E-state index is 12.5. The molecule has 1 N–H and O–H groups in total. The van der Waals surface area contributed by atoms with E-state index in [9.17, 15) is 9.59 Å². The van der Waals surface area contributed by atoms with Gasteiger partial charge in [-0.2, -0.15) is 0 Å². The number of ketones is 1. The number of nitrogens with one attached hydrogen (secondary N) is 1. The zero-order valence-corrected chi connectivity index (χ0v) is 14.5. The minimum Gasteiger partial charge on any atom is -0.486 e. The fraction of sp³-hybridized carbons (Fsp3) is 0.263. The second kappa shape index (κ2) is 6.44. The Bertz CT molecular complexity index is 864. The second-order valence-corrected chi connectivity index (χ2v) is 7.08. The lowest BCUT2D eigenvalue weighted by atomic mass is 9.99. The Morgan fingerprint density at radius 3 is 2.80 bits per heavy atom. The van der Waals surface area contributed by atoms with Gasteiger partial charge in [0.1, 0.15) is 13.2 Å². The van der Waals surface area contributed by atoms with Gasteiger partial charge < -0.3 is 14.8 Å². The lowest BCUT2D eigenvalue weighted by Crippen LogP contribution is -2.15. The highest BCUT2D eigenvalue weighted by atomic mass is 32.2. The van der Waals surface area contributed by atoms with E-state index in [1.165, 1.54) is 11.8 Å². The number of fused-ring (bicyclic) bond motifs is 2. The van der Waals surface area contributed by atoms with Gasteiger partial charge in [-0.15, -0.1) is 11.8 Å². The first kappa shape index (κ1) is 16.0. The van der Waals surface area contributed by atoms with Crippen molar-refractivity contribution in [2.45, 2.75) is 17.7 Å². The molecule has 2 aliphatic rings. The summed E-state index contributed by atoms with van der Waals surface area (Å²) in [6.07, 6.45) is 0. The van der Waals surface area contributed by atoms with E-state index in [-0.39, 0.29) is 17.6 Å². The molecule has 0 fully saturated rings. The number of hydrogen-bond donors (Lipinski definition) is 1. The number of benzene rings is 2. The van der Waals surface area contributed by atoms with E-state index in [1.807, 2.05) is 31.2 Å². The van der Waals surface area contributed by atoms with Crippen molar-refractivity contribution in [2.75, 3.05) is 24.3 Å². The summed E-state index contributed by atoms with van der Waals surface area (Å²) in [4.78, 5) is 25.2. The maximum absolute atomic E-state index is 12.5. The minimum atomic E-state index is -0.215. The predicted octanol–water partition coefficient (Wildman–Crippen LogP) is 3.49. The molecule has 2 heterocycles. The van der Waals surface area contributed by atoms with Gasteiger partial charge >= 0.3 is 0 Å². The van der Waals surface area contributed by atoms with E-state index in [2.05, 4.69) is 5.32 Å². The fourth-order valence-corrected chi connectivity index (χ4v) is 3.76. The molecule has 1 amide bonds. The van der Waals surface area contributed by atoms with Gasteiger partial charge in [0.05, 0.1) is 11.7 Å². The number of Topliss-reactive ketones (excluding diaryl/α,β-unsaturated/α-hetero) is 1. The third-order valence-corrected chi connectivity index (χ3v) is 5.37. The van der Waals surface area contributed by atoms with Crippen molar-refractivity contribution in [3.63, 3.8) is 0 Å². The summed E-state index contributed by atoms with van der Waals surface area (Å²) in [5.74, 6) is 1.59. The summed E-state index contributed by atoms with van der Waals surface area (Å²) < 4.78 is 11.1. The van der Waals surface area contributed by atoms with E-state index in [0.717, 1.165) is 27.6 Å². The Hall–Kier alpha value is -2.47. The molecule has 2 aromatic carbocycles. The number of ether oxygens (including phenoxy) is 2. The number of carbonyl (C=O) groups excluding carboxylic acids is 2. The zero-order chi connectivity index (χ0) is 17.4. The molecule has 0 unspecified atom stereocenters. The summed E-state index contributed by atoms with van der Waals surface area (Å²) in [5, 5.41) is 2.82. The lowest BCUT2D eigenvalue weighted by molar-refractivity contribution is -0.116. The first-order valence-electron chi connectivity index (χ1n) is 8.12. The van der Waals surface area contributed by atoms with Gasteiger partial charge in [0.25, 0.3) is 0 Å². The number of hydrogen-bond acceptors (Lipinski definition) is 5. The molecule has 0 spiro atoms. The van der Waals surface area contributed by atoms with Crippen molar-refractivity contribution in [3.05, 3.63) is 47.5 Å². The summed E-state index contributed by atoms with van der Waals surface area (Å²) >= 11 is 1.46. The van der Waals surface area contributed by atoms with E-state index in [0.29, 0.717) is 24.5 Å². The Balaban J connectivity index is 1.45. The average Bonchev–Trinajstić information content (AvgIpc) is 2.93. The van der Waals surface area contributed by atoms with Crippen LogP contribution in [0.2, 0.25) is 0 Å². The summed E-state index contributed by atoms with van der Waals surface area (Å²) in [5.41, 5.74) is 2.32. The van der Waals surface area contributed by atoms with Crippen LogP contribution in [-0.4, -0.2) is 30.7 Å². The standard InChI is InChI=1S/C19H17NO4S/c1-11-14-8-12(2-4-15(14)20-19(11)22)16(21)10-25-13-3-5-17-18(9-13)24-7-6-23-17/h2-5,8-9,11H,6-7,10H2,1H3,(H,20,22)/t11-/m0/s1. The van der Waals surface area contributed by atoms with Crippen LogP contribution in [0.5, 0.6) is 11.5 Å². The van der Waals surface area contributed by atoms with Crippen molar-refractivity contribution in [1.82, 2.24) is 0 Å². The van der Waals surface area contributed by atoms with Gasteiger partial charge in [-0.3, -0.25) is 9.59 Å². The number of rotatable bonds is 4. The van der Waals surface area contributed by atoms with Gasteiger partial charge in [-0.25, -0.2) is 0 Å². The molecule has 0 aromatic heterocycles. The van der Waals surface area contributed by atoms with Gasteiger partial charge in [-0.05, 0) is 48.9 Å². The highest BCUT2D eigenvalue weighted by molar-refractivity contribution is 8.00. The lowest BCUT2D eigenvalue weighted by Gasteiger charge is -2.18. The molecule has 6 heteroatoms. The van der Waals surface area contributed by atoms with Crippen molar-refractivity contribution >= 4 is 29.1 Å². The Labute approximate surface area is 149 Å². The number of amides is 1. The summed E-state index contributed by atoms with van der Waals surface area (Å²) in [7, 11) is 0. The van der Waals surface area contributed by atoms with Crippen LogP contribution in [0.1, 0.15) is 28.8 Å². The SMILES string of the molecule is C[C@@H]1C(=O)Nc2ccc(C(=O)CSc3ccc4c(c3)OCCO4)cc21. The van der Waals surface area contributed by atoms with Crippen molar-refractivity contribution in [3.8, 4) is 11.5 Å². The van der Waals surface area contributed by atoms with Crippen LogP contribution < -0.4 is 14.8 Å². The number of anilines is 1. The molecule has 2 aliphatic heterocycles. The molecule has 128 valence electrons. The third-order valence-electron chi connectivity index (χ3n) is 4.37. The van der Waals surface area contributed by atoms with Gasteiger partial charge in [0.2, 0.25) is 5.91 Å². The van der Waals surface area contributed by atoms with E-state index >= 15 is 0 Å². The molecule has 2 aromatic rings. The van der Waals surface area contributed by atoms with Gasteiger partial charge in [-0.1, -0.05) is 0 Å². The monoisotopic (exact) mass is 355 g/mol. The molecule has 25 heavy (non-hydrogen) atoms.